The molecule has 5 heteroatoms. The van der Waals surface area contributed by atoms with Crippen LogP contribution >= 0.6 is 0 Å². The molecule has 1 aromatic heterocycles. The maximum atomic E-state index is 11.5. The third kappa shape index (κ3) is 2.38. The van der Waals surface area contributed by atoms with Gasteiger partial charge < -0.3 is 4.74 Å². The SMILES string of the molecule is CCOC(=O)C(C)c1nnc2ccccc2n1. The van der Waals surface area contributed by atoms with Crippen molar-refractivity contribution in [3.05, 3.63) is 30.1 Å². The van der Waals surface area contributed by atoms with Crippen molar-refractivity contribution >= 4 is 17.0 Å². The van der Waals surface area contributed by atoms with Crippen LogP contribution in [0.25, 0.3) is 11.0 Å². The van der Waals surface area contributed by atoms with Gasteiger partial charge in [0.15, 0.2) is 5.82 Å². The number of ether oxygens (including phenoxy) is 1. The number of nitrogens with zero attached hydrogens (tertiary/aromatic N) is 3. The summed E-state index contributed by atoms with van der Waals surface area (Å²) < 4.78 is 4.92. The minimum absolute atomic E-state index is 0.329. The van der Waals surface area contributed by atoms with Gasteiger partial charge in [-0.15, -0.1) is 10.2 Å². The highest BCUT2D eigenvalue weighted by Crippen LogP contribution is 2.14. The number of carbonyl (C=O) groups is 1. The van der Waals surface area contributed by atoms with E-state index in [0.717, 1.165) is 5.52 Å². The third-order valence-corrected chi connectivity index (χ3v) is 2.40. The number of hydrogen-bond donors (Lipinski definition) is 0. The second kappa shape index (κ2) is 4.86. The number of aromatic nitrogens is 3. The van der Waals surface area contributed by atoms with Crippen LogP contribution in [-0.4, -0.2) is 27.8 Å². The number of esters is 1. The lowest BCUT2D eigenvalue weighted by Gasteiger charge is -2.08. The Morgan fingerprint density at radius 1 is 1.29 bits per heavy atom. The summed E-state index contributed by atoms with van der Waals surface area (Å²) in [5.41, 5.74) is 1.45. The van der Waals surface area contributed by atoms with Gasteiger partial charge in [-0.1, -0.05) is 12.1 Å². The van der Waals surface area contributed by atoms with Gasteiger partial charge >= 0.3 is 5.97 Å². The Hall–Kier alpha value is -2.04. The van der Waals surface area contributed by atoms with E-state index in [1.165, 1.54) is 0 Å². The fourth-order valence-corrected chi connectivity index (χ4v) is 1.45. The number of carbonyl (C=O) groups excluding carboxylic acids is 1. The molecular formula is C12H13N3O2. The fourth-order valence-electron chi connectivity index (χ4n) is 1.45. The maximum Gasteiger partial charge on any atom is 0.316 e. The molecule has 0 amide bonds. The number of para-hydroxylation sites is 1. The summed E-state index contributed by atoms with van der Waals surface area (Å²) in [7, 11) is 0. The molecule has 5 nitrogen and oxygen atoms in total. The maximum absolute atomic E-state index is 11.5. The average Bonchev–Trinajstić information content (AvgIpc) is 2.37. The molecule has 0 aliphatic carbocycles. The van der Waals surface area contributed by atoms with E-state index in [0.29, 0.717) is 17.9 Å². The predicted molar refractivity (Wildman–Crippen MR) is 62.4 cm³/mol. The van der Waals surface area contributed by atoms with E-state index in [2.05, 4.69) is 15.2 Å². The summed E-state index contributed by atoms with van der Waals surface area (Å²) in [6.45, 7) is 3.83. The first-order valence-electron chi connectivity index (χ1n) is 5.48. The Balaban J connectivity index is 2.32. The predicted octanol–water partition coefficient (Wildman–Crippen LogP) is 1.69. The molecule has 0 saturated carbocycles. The molecule has 0 N–H and O–H groups in total. The lowest BCUT2D eigenvalue weighted by Crippen LogP contribution is -2.16. The molecule has 0 radical (unpaired) electrons. The summed E-state index contributed by atoms with van der Waals surface area (Å²) in [5, 5.41) is 7.97. The van der Waals surface area contributed by atoms with E-state index in [1.54, 1.807) is 13.8 Å². The summed E-state index contributed by atoms with van der Waals surface area (Å²) in [4.78, 5) is 15.9. The second-order valence-electron chi connectivity index (χ2n) is 3.63. The molecular weight excluding hydrogens is 218 g/mol. The quantitative estimate of drug-likeness (QED) is 0.752. The Morgan fingerprint density at radius 3 is 2.71 bits per heavy atom. The van der Waals surface area contributed by atoms with Crippen LogP contribution in [0.5, 0.6) is 0 Å². The molecule has 1 aromatic carbocycles. The van der Waals surface area contributed by atoms with Gasteiger partial charge in [-0.05, 0) is 26.0 Å². The van der Waals surface area contributed by atoms with Crippen molar-refractivity contribution in [1.82, 2.24) is 15.2 Å². The second-order valence-corrected chi connectivity index (χ2v) is 3.63. The number of benzene rings is 1. The van der Waals surface area contributed by atoms with Crippen molar-refractivity contribution in [1.29, 1.82) is 0 Å². The molecule has 1 heterocycles. The van der Waals surface area contributed by atoms with Crippen molar-refractivity contribution in [3.63, 3.8) is 0 Å². The number of rotatable bonds is 3. The van der Waals surface area contributed by atoms with E-state index in [9.17, 15) is 4.79 Å². The Bertz CT molecular complexity index is 542. The van der Waals surface area contributed by atoms with Gasteiger partial charge in [0.2, 0.25) is 0 Å². The normalized spacial score (nSPS) is 12.4. The largest absolute Gasteiger partial charge is 0.465 e. The van der Waals surface area contributed by atoms with Crippen LogP contribution < -0.4 is 0 Å². The van der Waals surface area contributed by atoms with E-state index in [1.807, 2.05) is 24.3 Å². The highest BCUT2D eigenvalue weighted by Gasteiger charge is 2.20. The van der Waals surface area contributed by atoms with Gasteiger partial charge in [0.05, 0.1) is 12.1 Å². The Morgan fingerprint density at radius 2 is 2.00 bits per heavy atom. The van der Waals surface area contributed by atoms with Crippen molar-refractivity contribution in [2.75, 3.05) is 6.61 Å². The first kappa shape index (κ1) is 11.4. The Kier molecular flexibility index (Phi) is 3.27. The topological polar surface area (TPSA) is 65.0 Å². The molecule has 0 spiro atoms. The zero-order valence-corrected chi connectivity index (χ0v) is 9.75. The third-order valence-electron chi connectivity index (χ3n) is 2.40. The number of hydrogen-bond acceptors (Lipinski definition) is 5. The van der Waals surface area contributed by atoms with Gasteiger partial charge in [0.25, 0.3) is 0 Å². The van der Waals surface area contributed by atoms with Crippen LogP contribution in [0.3, 0.4) is 0 Å². The van der Waals surface area contributed by atoms with E-state index in [-0.39, 0.29) is 5.97 Å². The Labute approximate surface area is 98.8 Å². The van der Waals surface area contributed by atoms with Crippen LogP contribution in [0, 0.1) is 0 Å². The lowest BCUT2D eigenvalue weighted by atomic mass is 10.1. The van der Waals surface area contributed by atoms with Crippen molar-refractivity contribution in [2.24, 2.45) is 0 Å². The van der Waals surface area contributed by atoms with Crippen molar-refractivity contribution in [3.8, 4) is 0 Å². The van der Waals surface area contributed by atoms with E-state index in [4.69, 9.17) is 4.74 Å². The van der Waals surface area contributed by atoms with Crippen LogP contribution in [0.4, 0.5) is 0 Å². The van der Waals surface area contributed by atoms with Gasteiger partial charge in [-0.3, -0.25) is 4.79 Å². The molecule has 0 fully saturated rings. The summed E-state index contributed by atoms with van der Waals surface area (Å²) in [5.74, 6) is -0.432. The molecule has 2 aromatic rings. The molecule has 1 unspecified atom stereocenters. The molecule has 0 saturated heterocycles. The number of fused-ring (bicyclic) bond motifs is 1. The molecule has 88 valence electrons. The first-order chi connectivity index (χ1) is 8.22. The standard InChI is InChI=1S/C12H13N3O2/c1-3-17-12(16)8(2)11-13-9-6-4-5-7-10(9)14-15-11/h4-8H,3H2,1-2H3. The van der Waals surface area contributed by atoms with Crippen LogP contribution in [0.2, 0.25) is 0 Å². The van der Waals surface area contributed by atoms with Gasteiger partial charge in [0.1, 0.15) is 11.4 Å². The van der Waals surface area contributed by atoms with Crippen LogP contribution in [0.15, 0.2) is 24.3 Å². The average molecular weight is 231 g/mol. The van der Waals surface area contributed by atoms with E-state index < -0.39 is 5.92 Å². The fraction of sp³-hybridized carbons (Fsp3) is 0.333. The van der Waals surface area contributed by atoms with Crippen molar-refractivity contribution in [2.45, 2.75) is 19.8 Å². The zero-order chi connectivity index (χ0) is 12.3. The van der Waals surface area contributed by atoms with Crippen LogP contribution in [-0.2, 0) is 9.53 Å². The minimum atomic E-state index is -0.493. The molecule has 2 rings (SSSR count). The summed E-state index contributed by atoms with van der Waals surface area (Å²) in [6.07, 6.45) is 0. The first-order valence-corrected chi connectivity index (χ1v) is 5.48. The molecule has 17 heavy (non-hydrogen) atoms. The highest BCUT2D eigenvalue weighted by molar-refractivity contribution is 5.78. The molecule has 0 aliphatic heterocycles. The molecule has 0 aliphatic rings. The monoisotopic (exact) mass is 231 g/mol. The smallest absolute Gasteiger partial charge is 0.316 e. The van der Waals surface area contributed by atoms with E-state index >= 15 is 0 Å². The lowest BCUT2D eigenvalue weighted by molar-refractivity contribution is -0.144. The van der Waals surface area contributed by atoms with Gasteiger partial charge in [-0.2, -0.15) is 0 Å². The summed E-state index contributed by atoms with van der Waals surface area (Å²) in [6, 6.07) is 7.41. The molecule has 1 atom stereocenters. The van der Waals surface area contributed by atoms with Gasteiger partial charge in [0, 0.05) is 0 Å². The van der Waals surface area contributed by atoms with Gasteiger partial charge in [-0.25, -0.2) is 4.98 Å². The zero-order valence-electron chi connectivity index (χ0n) is 9.75. The minimum Gasteiger partial charge on any atom is -0.465 e. The molecule has 0 bridgehead atoms. The summed E-state index contributed by atoms with van der Waals surface area (Å²) >= 11 is 0. The highest BCUT2D eigenvalue weighted by atomic mass is 16.5. The van der Waals surface area contributed by atoms with Crippen molar-refractivity contribution < 1.29 is 9.53 Å². The van der Waals surface area contributed by atoms with Crippen LogP contribution in [0.1, 0.15) is 25.6 Å².